The molecule has 1 aromatic heterocycles. The fourth-order valence-electron chi connectivity index (χ4n) is 0.819. The zero-order chi connectivity index (χ0) is 10.6. The molecule has 0 unspecified atom stereocenters. The second kappa shape index (κ2) is 4.50. The molecule has 0 spiro atoms. The maximum absolute atomic E-state index is 11.6. The van der Waals surface area contributed by atoms with Crippen molar-refractivity contribution in [3.63, 3.8) is 0 Å². The van der Waals surface area contributed by atoms with Gasteiger partial charge in [-0.1, -0.05) is 0 Å². The average Bonchev–Trinajstić information content (AvgIpc) is 2.19. The summed E-state index contributed by atoms with van der Waals surface area (Å²) >= 11 is 0. The van der Waals surface area contributed by atoms with Gasteiger partial charge in [0.1, 0.15) is 5.69 Å². The van der Waals surface area contributed by atoms with Crippen LogP contribution in [0.1, 0.15) is 17.4 Å². The largest absolute Gasteiger partial charge is 0.381 e. The summed E-state index contributed by atoms with van der Waals surface area (Å²) in [4.78, 5) is 21.2. The number of hydrogen-bond acceptors (Lipinski definition) is 4. The Kier molecular flexibility index (Phi) is 3.34. The van der Waals surface area contributed by atoms with E-state index in [1.165, 1.54) is 12.4 Å². The van der Waals surface area contributed by atoms with E-state index in [-0.39, 0.29) is 5.78 Å². The molecule has 1 aromatic rings. The van der Waals surface area contributed by atoms with E-state index < -0.39 is 0 Å². The van der Waals surface area contributed by atoms with Crippen molar-refractivity contribution >= 4 is 5.78 Å². The van der Waals surface area contributed by atoms with Crippen LogP contribution in [0.3, 0.4) is 0 Å². The standard InChI is InChI=1S/C10H13N3O/c1-8(13(2)3)6-10(14)9-7-11-4-5-12-9/h4-7H,1-3H3. The van der Waals surface area contributed by atoms with Crippen molar-refractivity contribution in [2.45, 2.75) is 6.92 Å². The van der Waals surface area contributed by atoms with Crippen molar-refractivity contribution in [1.29, 1.82) is 0 Å². The van der Waals surface area contributed by atoms with E-state index in [1.54, 1.807) is 12.3 Å². The zero-order valence-corrected chi connectivity index (χ0v) is 8.56. The summed E-state index contributed by atoms with van der Waals surface area (Å²) in [6, 6.07) is 0. The normalized spacial score (nSPS) is 11.2. The van der Waals surface area contributed by atoms with Crippen LogP contribution in [0.4, 0.5) is 0 Å². The molecular weight excluding hydrogens is 178 g/mol. The maximum Gasteiger partial charge on any atom is 0.207 e. The van der Waals surface area contributed by atoms with Crippen LogP contribution in [-0.2, 0) is 0 Å². The van der Waals surface area contributed by atoms with Crippen molar-refractivity contribution in [2.24, 2.45) is 0 Å². The molecule has 4 heteroatoms. The highest BCUT2D eigenvalue weighted by Gasteiger charge is 2.04. The van der Waals surface area contributed by atoms with Gasteiger partial charge in [-0.15, -0.1) is 0 Å². The highest BCUT2D eigenvalue weighted by atomic mass is 16.1. The molecule has 0 aromatic carbocycles. The molecule has 1 heterocycles. The molecule has 0 saturated carbocycles. The number of carbonyl (C=O) groups is 1. The predicted molar refractivity (Wildman–Crippen MR) is 53.8 cm³/mol. The van der Waals surface area contributed by atoms with Gasteiger partial charge in [-0.2, -0.15) is 0 Å². The third-order valence-corrected chi connectivity index (χ3v) is 1.86. The van der Waals surface area contributed by atoms with Crippen LogP contribution in [-0.4, -0.2) is 34.7 Å². The Bertz CT molecular complexity index is 344. The lowest BCUT2D eigenvalue weighted by atomic mass is 10.2. The Morgan fingerprint density at radius 2 is 2.14 bits per heavy atom. The number of nitrogens with zero attached hydrogens (tertiary/aromatic N) is 3. The lowest BCUT2D eigenvalue weighted by Gasteiger charge is -2.11. The second-order valence-corrected chi connectivity index (χ2v) is 3.14. The molecule has 74 valence electrons. The van der Waals surface area contributed by atoms with Gasteiger partial charge in [-0.3, -0.25) is 9.78 Å². The van der Waals surface area contributed by atoms with Gasteiger partial charge in [0.25, 0.3) is 0 Å². The molecule has 0 aliphatic carbocycles. The summed E-state index contributed by atoms with van der Waals surface area (Å²) in [6.45, 7) is 1.87. The molecule has 0 saturated heterocycles. The summed E-state index contributed by atoms with van der Waals surface area (Å²) in [5.74, 6) is -0.121. The summed E-state index contributed by atoms with van der Waals surface area (Å²) in [6.07, 6.45) is 6.05. The molecule has 0 atom stereocenters. The zero-order valence-electron chi connectivity index (χ0n) is 8.56. The molecule has 0 aliphatic rings. The van der Waals surface area contributed by atoms with Crippen LogP contribution < -0.4 is 0 Å². The van der Waals surface area contributed by atoms with Crippen LogP contribution in [0.25, 0.3) is 0 Å². The Hall–Kier alpha value is -1.71. The Balaban J connectivity index is 2.83. The summed E-state index contributed by atoms with van der Waals surface area (Å²) in [7, 11) is 3.77. The van der Waals surface area contributed by atoms with E-state index in [2.05, 4.69) is 9.97 Å². The van der Waals surface area contributed by atoms with Gasteiger partial charge in [-0.25, -0.2) is 4.98 Å². The fraction of sp³-hybridized carbons (Fsp3) is 0.300. The molecular formula is C10H13N3O. The third-order valence-electron chi connectivity index (χ3n) is 1.86. The number of carbonyl (C=O) groups excluding carboxylic acids is 1. The molecule has 0 fully saturated rings. The first-order chi connectivity index (χ1) is 6.61. The third kappa shape index (κ3) is 2.65. The highest BCUT2D eigenvalue weighted by molar-refractivity contribution is 6.03. The average molecular weight is 191 g/mol. The number of hydrogen-bond donors (Lipinski definition) is 0. The number of rotatable bonds is 3. The number of aromatic nitrogens is 2. The van der Waals surface area contributed by atoms with Crippen molar-refractivity contribution < 1.29 is 4.79 Å². The van der Waals surface area contributed by atoms with Gasteiger partial charge in [0, 0.05) is 38.3 Å². The van der Waals surface area contributed by atoms with Crippen LogP contribution in [0.15, 0.2) is 30.4 Å². The van der Waals surface area contributed by atoms with Gasteiger partial charge >= 0.3 is 0 Å². The van der Waals surface area contributed by atoms with Crippen molar-refractivity contribution in [3.05, 3.63) is 36.1 Å². The van der Waals surface area contributed by atoms with E-state index in [0.29, 0.717) is 5.69 Å². The van der Waals surface area contributed by atoms with Crippen LogP contribution in [0.2, 0.25) is 0 Å². The van der Waals surface area contributed by atoms with Gasteiger partial charge in [0.2, 0.25) is 5.78 Å². The Morgan fingerprint density at radius 3 is 2.64 bits per heavy atom. The predicted octanol–water partition coefficient (Wildman–Crippen LogP) is 1.12. The first-order valence-corrected chi connectivity index (χ1v) is 4.27. The summed E-state index contributed by atoms with van der Waals surface area (Å²) in [5, 5.41) is 0. The molecule has 4 nitrogen and oxygen atoms in total. The number of ketones is 1. The van der Waals surface area contributed by atoms with Crippen molar-refractivity contribution in [2.75, 3.05) is 14.1 Å². The van der Waals surface area contributed by atoms with E-state index in [1.807, 2.05) is 25.9 Å². The summed E-state index contributed by atoms with van der Waals surface area (Å²) in [5.41, 5.74) is 1.26. The minimum Gasteiger partial charge on any atom is -0.381 e. The van der Waals surface area contributed by atoms with Gasteiger partial charge in [-0.05, 0) is 6.92 Å². The SMILES string of the molecule is CC(=CC(=O)c1cnccn1)N(C)C. The molecule has 0 radical (unpaired) electrons. The van der Waals surface area contributed by atoms with E-state index in [9.17, 15) is 4.79 Å². The van der Waals surface area contributed by atoms with Crippen molar-refractivity contribution in [3.8, 4) is 0 Å². The monoisotopic (exact) mass is 191 g/mol. The van der Waals surface area contributed by atoms with E-state index in [0.717, 1.165) is 5.70 Å². The fourth-order valence-corrected chi connectivity index (χ4v) is 0.819. The van der Waals surface area contributed by atoms with Crippen molar-refractivity contribution in [1.82, 2.24) is 14.9 Å². The molecule has 1 rings (SSSR count). The molecule has 0 amide bonds. The molecule has 0 aliphatic heterocycles. The van der Waals surface area contributed by atoms with Crippen LogP contribution in [0.5, 0.6) is 0 Å². The van der Waals surface area contributed by atoms with Gasteiger partial charge < -0.3 is 4.90 Å². The minimum absolute atomic E-state index is 0.121. The van der Waals surface area contributed by atoms with Gasteiger partial charge in [0.05, 0.1) is 6.20 Å². The smallest absolute Gasteiger partial charge is 0.207 e. The molecule has 14 heavy (non-hydrogen) atoms. The second-order valence-electron chi connectivity index (χ2n) is 3.14. The Labute approximate surface area is 83.3 Å². The first kappa shape index (κ1) is 10.4. The topological polar surface area (TPSA) is 46.1 Å². The Morgan fingerprint density at radius 1 is 1.43 bits per heavy atom. The first-order valence-electron chi connectivity index (χ1n) is 4.27. The van der Waals surface area contributed by atoms with Gasteiger partial charge in [0.15, 0.2) is 0 Å². The van der Waals surface area contributed by atoms with E-state index in [4.69, 9.17) is 0 Å². The maximum atomic E-state index is 11.6. The lowest BCUT2D eigenvalue weighted by Crippen LogP contribution is -2.10. The summed E-state index contributed by atoms with van der Waals surface area (Å²) < 4.78 is 0. The van der Waals surface area contributed by atoms with Crippen LogP contribution >= 0.6 is 0 Å². The lowest BCUT2D eigenvalue weighted by molar-refractivity contribution is 0.103. The molecule has 0 bridgehead atoms. The quantitative estimate of drug-likeness (QED) is 0.530. The molecule has 0 N–H and O–H groups in total. The van der Waals surface area contributed by atoms with Crippen LogP contribution in [0, 0.1) is 0 Å². The minimum atomic E-state index is -0.121. The highest BCUT2D eigenvalue weighted by Crippen LogP contribution is 2.00. The number of allylic oxidation sites excluding steroid dienone is 2. The van der Waals surface area contributed by atoms with E-state index >= 15 is 0 Å².